The Labute approximate surface area is 551 Å². The van der Waals surface area contributed by atoms with E-state index in [2.05, 4.69) is 137 Å². The van der Waals surface area contributed by atoms with Crippen LogP contribution in [0, 0.1) is 24.7 Å². The standard InChI is InChI=1S/C34H38N4O4.C27H24N2O3.C7H17N.C2HF3O2.CCl2O/c1-7-21-41-29-17-18-31-30(22-29)32(27-13-11-26(12-14-27)24(2)3)35-33(39)38(31)23-25-9-15-28(16-10-25)42-34(40)37(6)20-8-19-36(4)5;1-4-15-32-23-13-14-25-24(16-23)26(21-9-7-20(8-10-21)18(2)3)28-27(31)29(25)17-19-5-11-22(30)12-6-19;1-4-5-6-7-8(2)3;3-2(4,5)1(6)7;2-1(3)4/h1,9-18,22,24H,8,19-21,23H2,2-6H3;1,5-14,16,18,30H,15,17H2,2-3H3;4-7H2,1-3H3;(H,6,7);. The number of hydrogen-bond donors (Lipinski definition) is 2. The number of aromatic hydroxyl groups is 1. The van der Waals surface area contributed by atoms with Crippen molar-refractivity contribution in [3.63, 3.8) is 0 Å². The van der Waals surface area contributed by atoms with Gasteiger partial charge in [0, 0.05) is 41.9 Å². The van der Waals surface area contributed by atoms with Crippen molar-refractivity contribution in [1.82, 2.24) is 28.9 Å². The molecule has 0 spiro atoms. The summed E-state index contributed by atoms with van der Waals surface area (Å²) < 4.78 is 50.8. The maximum Gasteiger partial charge on any atom is 0.430 e. The maximum atomic E-state index is 13.4. The van der Waals surface area contributed by atoms with Gasteiger partial charge in [0.1, 0.15) is 42.2 Å². The van der Waals surface area contributed by atoms with Crippen molar-refractivity contribution in [3.05, 3.63) is 177 Å². The summed E-state index contributed by atoms with van der Waals surface area (Å²) in [5.74, 6) is 4.60. The second-order valence-corrected chi connectivity index (χ2v) is 23.4. The van der Waals surface area contributed by atoms with E-state index in [0.717, 1.165) is 57.0 Å². The molecule has 0 fully saturated rings. The molecule has 0 bridgehead atoms. The number of rotatable bonds is 21. The third-order valence-corrected chi connectivity index (χ3v) is 13.9. The van der Waals surface area contributed by atoms with Crippen LogP contribution in [0.15, 0.2) is 143 Å². The largest absolute Gasteiger partial charge is 0.542 e. The number of terminal acetylenes is 2. The first-order chi connectivity index (χ1) is 44.1. The minimum Gasteiger partial charge on any atom is -0.542 e. The lowest BCUT2D eigenvalue weighted by molar-refractivity contribution is -0.858. The molecule has 2 heterocycles. The Bertz CT molecular complexity index is 3920. The summed E-state index contributed by atoms with van der Waals surface area (Å²) >= 11 is 8.80. The van der Waals surface area contributed by atoms with Gasteiger partial charge < -0.3 is 43.9 Å². The zero-order valence-electron chi connectivity index (χ0n) is 54.0. The van der Waals surface area contributed by atoms with Crippen LogP contribution in [0.2, 0.25) is 0 Å². The number of alkyl halides is 3. The number of phenolic OH excluding ortho intramolecular Hbond substituents is 1. The van der Waals surface area contributed by atoms with E-state index in [9.17, 15) is 32.7 Å². The minimum absolute atomic E-state index is 0.140. The zero-order chi connectivity index (χ0) is 69.0. The van der Waals surface area contributed by atoms with E-state index in [-0.39, 0.29) is 30.3 Å². The number of carboxylic acids is 1. The summed E-state index contributed by atoms with van der Waals surface area (Å²) in [6.45, 7) is 14.6. The number of halogens is 5. The van der Waals surface area contributed by atoms with Gasteiger partial charge in [-0.05, 0) is 145 Å². The number of carbonyl (C=O) groups is 3. The summed E-state index contributed by atoms with van der Waals surface area (Å²) in [5, 5.41) is 19.9. The fraction of sp³-hybridized carbons (Fsp3) is 0.338. The molecule has 2 aromatic heterocycles. The Balaban J connectivity index is 0.000000315. The lowest BCUT2D eigenvalue weighted by atomic mass is 9.99. The molecule has 0 atom stereocenters. The quantitative estimate of drug-likeness (QED) is 0.0391. The van der Waals surface area contributed by atoms with E-state index in [1.54, 1.807) is 69.6 Å². The van der Waals surface area contributed by atoms with Gasteiger partial charge in [0.2, 0.25) is 0 Å². The molecule has 0 saturated heterocycles. The zero-order valence-corrected chi connectivity index (χ0v) is 55.5. The first-order valence-corrected chi connectivity index (χ1v) is 30.6. The number of nitrogens with zero attached hydrogens (tertiary/aromatic N) is 6. The number of quaternary nitrogens is 1. The number of ether oxygens (including phenoxy) is 3. The van der Waals surface area contributed by atoms with E-state index >= 15 is 0 Å². The van der Waals surface area contributed by atoms with Gasteiger partial charge in [-0.3, -0.25) is 13.9 Å². The third kappa shape index (κ3) is 25.4. The van der Waals surface area contributed by atoms with Gasteiger partial charge >= 0.3 is 28.4 Å². The van der Waals surface area contributed by atoms with Gasteiger partial charge in [-0.2, -0.15) is 23.1 Å². The normalized spacial score (nSPS) is 10.8. The Morgan fingerprint density at radius 2 is 1.04 bits per heavy atom. The SMILES string of the molecule is C#CCOc1ccc2c(c1)c(-c1ccc(C(C)C)cc1)nc(=O)n2Cc1ccc(O)cc1.C#CCOc1ccc2c(c1)c(-c1ccc(C(C)C)cc1)nc(=O)n2Cc1ccc(OC(=O)N(C)CCC[NH+](C)C)cc1.CCCCCN(C)C.O=C(Cl)Cl.O=C([O-])C(F)(F)F. The molecule has 0 unspecified atom stereocenters. The van der Waals surface area contributed by atoms with Crippen LogP contribution in [0.3, 0.4) is 0 Å². The minimum atomic E-state index is -5.19. The summed E-state index contributed by atoms with van der Waals surface area (Å²) in [6, 6.07) is 41.3. The molecule has 0 aliphatic heterocycles. The Kier molecular flexibility index (Phi) is 31.2. The highest BCUT2D eigenvalue weighted by atomic mass is 35.5. The predicted molar refractivity (Wildman–Crippen MR) is 360 cm³/mol. The Hall–Kier alpha value is -9.18. The van der Waals surface area contributed by atoms with Crippen LogP contribution in [0.5, 0.6) is 23.0 Å². The highest BCUT2D eigenvalue weighted by Gasteiger charge is 2.29. The molecule has 1 amide bonds. The first kappa shape index (κ1) is 76.3. The molecule has 6 aromatic carbocycles. The van der Waals surface area contributed by atoms with Gasteiger partial charge in [-0.1, -0.05) is 132 Å². The summed E-state index contributed by atoms with van der Waals surface area (Å²) in [5.41, 5.74) is 7.85. The Morgan fingerprint density at radius 3 is 1.40 bits per heavy atom. The van der Waals surface area contributed by atoms with Crippen LogP contribution in [-0.2, 0) is 17.9 Å². The molecule has 0 aliphatic rings. The number of phenols is 1. The van der Waals surface area contributed by atoms with E-state index in [0.29, 0.717) is 60.1 Å². The number of benzene rings is 6. The molecule has 2 N–H and O–H groups in total. The number of fused-ring (bicyclic) bond motifs is 2. The number of amides is 1. The summed E-state index contributed by atoms with van der Waals surface area (Å²) in [6.07, 6.45) is 10.1. The molecule has 8 rings (SSSR count). The number of hydrogen-bond acceptors (Lipinski definition) is 13. The summed E-state index contributed by atoms with van der Waals surface area (Å²) in [7, 11) is 10.1. The molecule has 93 heavy (non-hydrogen) atoms. The van der Waals surface area contributed by atoms with Crippen molar-refractivity contribution < 1.29 is 56.9 Å². The van der Waals surface area contributed by atoms with Crippen molar-refractivity contribution in [2.45, 2.75) is 91.4 Å². The van der Waals surface area contributed by atoms with Crippen molar-refractivity contribution in [3.8, 4) is 70.2 Å². The lowest BCUT2D eigenvalue weighted by Crippen LogP contribution is -3.05. The fourth-order valence-electron chi connectivity index (χ4n) is 8.99. The van der Waals surface area contributed by atoms with E-state index < -0.39 is 22.9 Å². The van der Waals surface area contributed by atoms with Gasteiger partial charge in [0.25, 0.3) is 0 Å². The smallest absolute Gasteiger partial charge is 0.430 e. The van der Waals surface area contributed by atoms with Crippen molar-refractivity contribution in [2.75, 3.05) is 68.1 Å². The van der Waals surface area contributed by atoms with Crippen LogP contribution >= 0.6 is 23.2 Å². The van der Waals surface area contributed by atoms with E-state index in [4.69, 9.17) is 41.8 Å². The van der Waals surface area contributed by atoms with Crippen LogP contribution in [-0.4, -0.2) is 125 Å². The molecule has 494 valence electrons. The number of carbonyl (C=O) groups excluding carboxylic acids is 3. The van der Waals surface area contributed by atoms with Crippen LogP contribution in [0.1, 0.15) is 94.4 Å². The highest BCUT2D eigenvalue weighted by molar-refractivity contribution is 6.93. The number of aliphatic carboxylic acids is 1. The molecular formula is C71H80Cl2F3N7O10. The maximum absolute atomic E-state index is 13.4. The average molecular weight is 1320 g/mol. The molecule has 0 radical (unpaired) electrons. The second-order valence-electron chi connectivity index (χ2n) is 22.5. The number of carboxylic acid groups (broad SMARTS) is 1. The topological polar surface area (TPSA) is 203 Å². The molecule has 0 saturated carbocycles. The predicted octanol–water partition coefficient (Wildman–Crippen LogP) is 11.8. The fourth-order valence-corrected chi connectivity index (χ4v) is 8.99. The van der Waals surface area contributed by atoms with Gasteiger partial charge in [-0.15, -0.1) is 12.8 Å². The highest BCUT2D eigenvalue weighted by Crippen LogP contribution is 2.33. The van der Waals surface area contributed by atoms with E-state index in [1.165, 1.54) is 41.8 Å². The van der Waals surface area contributed by atoms with Gasteiger partial charge in [0.15, 0.2) is 0 Å². The Morgan fingerprint density at radius 1 is 0.645 bits per heavy atom. The monoisotopic (exact) mass is 1320 g/mol. The van der Waals surface area contributed by atoms with Gasteiger partial charge in [-0.25, -0.2) is 14.4 Å². The average Bonchev–Trinajstić information content (AvgIpc) is 0.778. The first-order valence-electron chi connectivity index (χ1n) is 29.9. The van der Waals surface area contributed by atoms with Crippen LogP contribution in [0.4, 0.5) is 22.8 Å². The van der Waals surface area contributed by atoms with Crippen molar-refractivity contribution in [2.24, 2.45) is 0 Å². The van der Waals surface area contributed by atoms with Crippen LogP contribution < -0.4 is 35.6 Å². The van der Waals surface area contributed by atoms with E-state index in [1.807, 2.05) is 60.7 Å². The van der Waals surface area contributed by atoms with Crippen molar-refractivity contribution in [1.29, 1.82) is 0 Å². The number of unbranched alkanes of at least 4 members (excludes halogenated alkanes) is 2. The summed E-state index contributed by atoms with van der Waals surface area (Å²) in [4.78, 5) is 70.8. The molecule has 22 heteroatoms. The third-order valence-electron chi connectivity index (χ3n) is 13.9. The molecule has 8 aromatic rings. The lowest BCUT2D eigenvalue weighted by Gasteiger charge is -2.17. The van der Waals surface area contributed by atoms with Gasteiger partial charge in [0.05, 0.1) is 56.2 Å². The molecule has 17 nitrogen and oxygen atoms in total. The van der Waals surface area contributed by atoms with Crippen molar-refractivity contribution >= 4 is 61.8 Å². The number of nitrogens with one attached hydrogen (secondary N) is 1. The second kappa shape index (κ2) is 38.0. The van der Waals surface area contributed by atoms with Crippen LogP contribution in [0.25, 0.3) is 44.3 Å². The molecule has 0 aliphatic carbocycles. The number of aromatic nitrogens is 4. The molecular weight excluding hydrogens is 1240 g/mol.